The second kappa shape index (κ2) is 8.41. The van der Waals surface area contributed by atoms with Gasteiger partial charge in [0.2, 0.25) is 5.88 Å². The third-order valence-corrected chi connectivity index (χ3v) is 6.11. The Morgan fingerprint density at radius 2 is 2.12 bits per heavy atom. The van der Waals surface area contributed by atoms with Crippen molar-refractivity contribution in [3.05, 3.63) is 48.3 Å². The molecule has 1 aliphatic carbocycles. The lowest BCUT2D eigenvalue weighted by Crippen LogP contribution is -2.19. The fourth-order valence-corrected chi connectivity index (χ4v) is 3.84. The van der Waals surface area contributed by atoms with Gasteiger partial charge in [0.25, 0.3) is 0 Å². The number of nitrogens with zero attached hydrogens (tertiary/aromatic N) is 4. The molecule has 11 heteroatoms. The molecule has 0 radical (unpaired) electrons. The molecule has 1 saturated carbocycles. The molecule has 0 atom stereocenters. The molecule has 34 heavy (non-hydrogen) atoms. The molecule has 10 nitrogen and oxygen atoms in total. The molecule has 3 heterocycles. The van der Waals surface area contributed by atoms with Crippen molar-refractivity contribution in [3.63, 3.8) is 0 Å². The zero-order valence-corrected chi connectivity index (χ0v) is 18.8. The maximum absolute atomic E-state index is 14.9. The second-order valence-electron chi connectivity index (χ2n) is 8.60. The molecule has 1 aromatic carbocycles. The minimum atomic E-state index is -0.635. The van der Waals surface area contributed by atoms with Crippen molar-refractivity contribution < 1.29 is 18.4 Å². The van der Waals surface area contributed by atoms with Crippen LogP contribution in [0.1, 0.15) is 25.5 Å². The van der Waals surface area contributed by atoms with Gasteiger partial charge in [-0.05, 0) is 30.5 Å². The smallest absolute Gasteiger partial charge is 0.326 e. The van der Waals surface area contributed by atoms with Gasteiger partial charge in [0.1, 0.15) is 23.6 Å². The Kier molecular flexibility index (Phi) is 5.40. The highest BCUT2D eigenvalue weighted by atomic mass is 19.1. The summed E-state index contributed by atoms with van der Waals surface area (Å²) in [6.07, 6.45) is 5.29. The van der Waals surface area contributed by atoms with E-state index in [9.17, 15) is 9.18 Å². The molecule has 1 fully saturated rings. The number of benzene rings is 1. The van der Waals surface area contributed by atoms with Crippen LogP contribution in [0.15, 0.2) is 41.3 Å². The van der Waals surface area contributed by atoms with E-state index in [1.165, 1.54) is 18.5 Å². The van der Waals surface area contributed by atoms with Crippen molar-refractivity contribution in [2.24, 2.45) is 0 Å². The van der Waals surface area contributed by atoms with Gasteiger partial charge in [-0.1, -0.05) is 18.1 Å². The van der Waals surface area contributed by atoms with Gasteiger partial charge in [-0.25, -0.2) is 19.2 Å². The number of urea groups is 1. The number of nitrogens with two attached hydrogens (primary N) is 1. The fourth-order valence-electron chi connectivity index (χ4n) is 3.84. The number of ether oxygens (including phenoxy) is 1. The van der Waals surface area contributed by atoms with Crippen molar-refractivity contribution >= 4 is 34.5 Å². The molecule has 3 aromatic heterocycles. The van der Waals surface area contributed by atoms with Crippen LogP contribution < -0.4 is 16.4 Å². The van der Waals surface area contributed by atoms with Crippen molar-refractivity contribution in [2.45, 2.75) is 31.7 Å². The van der Waals surface area contributed by atoms with Crippen LogP contribution >= 0.6 is 0 Å². The van der Waals surface area contributed by atoms with Crippen LogP contribution in [-0.4, -0.2) is 39.4 Å². The van der Waals surface area contributed by atoms with Gasteiger partial charge in [-0.15, -0.1) is 0 Å². The number of anilines is 3. The summed E-state index contributed by atoms with van der Waals surface area (Å²) >= 11 is 0. The fraction of sp³-hybridized carbons (Fsp3) is 0.304. The van der Waals surface area contributed by atoms with Crippen LogP contribution in [0.5, 0.6) is 0 Å². The first kappa shape index (κ1) is 21.8. The number of fused-ring (bicyclic) bond motifs is 1. The number of nitrogens with one attached hydrogen (secondary N) is 2. The van der Waals surface area contributed by atoms with Gasteiger partial charge in [0.15, 0.2) is 0 Å². The predicted octanol–water partition coefficient (Wildman–Crippen LogP) is 4.15. The Balaban J connectivity index is 1.36. The average molecular weight is 465 g/mol. The standard InChI is InChI=1S/C23H24FN7O3/c1-23(5-6-23)17-10-18(34-30-17)29-22(32)28-16-4-3-13(9-15(16)24)14-11-31(7-8-33-2)21-19(14)20(25)26-12-27-21/h3-4,9-12H,5-8H2,1-2H3,(H2,25,26,27)(H2,28,29,32). The van der Waals surface area contributed by atoms with Crippen molar-refractivity contribution in [1.29, 1.82) is 0 Å². The molecule has 0 spiro atoms. The van der Waals surface area contributed by atoms with Gasteiger partial charge in [0.05, 0.1) is 23.4 Å². The number of hydrogen-bond donors (Lipinski definition) is 3. The number of carbonyl (C=O) groups is 1. The highest BCUT2D eigenvalue weighted by molar-refractivity contribution is 6.02. The van der Waals surface area contributed by atoms with Crippen molar-refractivity contribution in [2.75, 3.05) is 30.1 Å². The minimum absolute atomic E-state index is 0.0162. The number of hydrogen-bond acceptors (Lipinski definition) is 7. The normalized spacial score (nSPS) is 14.3. The molecule has 0 aliphatic heterocycles. The molecule has 1 aliphatic rings. The van der Waals surface area contributed by atoms with E-state index < -0.39 is 11.8 Å². The molecule has 0 unspecified atom stereocenters. The first-order valence-electron chi connectivity index (χ1n) is 10.8. The number of aromatic nitrogens is 4. The third kappa shape index (κ3) is 4.05. The van der Waals surface area contributed by atoms with Crippen LogP contribution in [0.4, 0.5) is 26.6 Å². The number of carbonyl (C=O) groups excluding carboxylic acids is 1. The van der Waals surface area contributed by atoms with E-state index in [-0.39, 0.29) is 17.0 Å². The molecule has 2 amide bonds. The predicted molar refractivity (Wildman–Crippen MR) is 125 cm³/mol. The van der Waals surface area contributed by atoms with Gasteiger partial charge in [0, 0.05) is 36.9 Å². The summed E-state index contributed by atoms with van der Waals surface area (Å²) in [5.74, 6) is -0.105. The molecular formula is C23H24FN7O3. The van der Waals surface area contributed by atoms with E-state index in [0.29, 0.717) is 41.1 Å². The summed E-state index contributed by atoms with van der Waals surface area (Å²) in [5, 5.41) is 9.67. The van der Waals surface area contributed by atoms with Crippen molar-refractivity contribution in [3.8, 4) is 11.1 Å². The second-order valence-corrected chi connectivity index (χ2v) is 8.60. The van der Waals surface area contributed by atoms with Gasteiger partial charge >= 0.3 is 6.03 Å². The zero-order valence-electron chi connectivity index (χ0n) is 18.8. The monoisotopic (exact) mass is 465 g/mol. The Labute approximate surface area is 194 Å². The third-order valence-electron chi connectivity index (χ3n) is 6.11. The minimum Gasteiger partial charge on any atom is -0.383 e. The Bertz CT molecular complexity index is 1380. The summed E-state index contributed by atoms with van der Waals surface area (Å²) in [7, 11) is 1.61. The highest BCUT2D eigenvalue weighted by Gasteiger charge is 2.42. The molecule has 4 aromatic rings. The van der Waals surface area contributed by atoms with Crippen LogP contribution in [-0.2, 0) is 16.7 Å². The lowest BCUT2D eigenvalue weighted by Gasteiger charge is -2.08. The van der Waals surface area contributed by atoms with E-state index in [4.69, 9.17) is 15.0 Å². The Hall–Kier alpha value is -3.99. The van der Waals surface area contributed by atoms with E-state index in [1.54, 1.807) is 19.2 Å². The largest absolute Gasteiger partial charge is 0.383 e. The van der Waals surface area contributed by atoms with Crippen molar-refractivity contribution in [1.82, 2.24) is 19.7 Å². The maximum atomic E-state index is 14.9. The maximum Gasteiger partial charge on any atom is 0.326 e. The summed E-state index contributed by atoms with van der Waals surface area (Å²) in [5.41, 5.74) is 8.83. The number of amides is 2. The van der Waals surface area contributed by atoms with Gasteiger partial charge in [-0.3, -0.25) is 5.32 Å². The number of methoxy groups -OCH3 is 1. The van der Waals surface area contributed by atoms with Crippen LogP contribution in [0, 0.1) is 5.82 Å². The summed E-state index contributed by atoms with van der Waals surface area (Å²) in [4.78, 5) is 20.8. The summed E-state index contributed by atoms with van der Waals surface area (Å²) in [6, 6.07) is 5.57. The molecule has 176 valence electrons. The quantitative estimate of drug-likeness (QED) is 0.373. The molecule has 0 saturated heterocycles. The Morgan fingerprint density at radius 1 is 1.29 bits per heavy atom. The lowest BCUT2D eigenvalue weighted by molar-refractivity contribution is 0.188. The van der Waals surface area contributed by atoms with E-state index in [0.717, 1.165) is 18.5 Å². The van der Waals surface area contributed by atoms with Crippen LogP contribution in [0.2, 0.25) is 0 Å². The first-order chi connectivity index (χ1) is 16.4. The molecule has 4 N–H and O–H groups in total. The molecule has 0 bridgehead atoms. The van der Waals surface area contributed by atoms with Crippen LogP contribution in [0.25, 0.3) is 22.2 Å². The summed E-state index contributed by atoms with van der Waals surface area (Å²) in [6.45, 7) is 3.11. The number of rotatable bonds is 7. The van der Waals surface area contributed by atoms with Crippen LogP contribution in [0.3, 0.4) is 0 Å². The van der Waals surface area contributed by atoms with Gasteiger partial charge in [-0.2, -0.15) is 0 Å². The topological polar surface area (TPSA) is 133 Å². The number of halogens is 1. The van der Waals surface area contributed by atoms with Gasteiger partial charge < -0.3 is 24.9 Å². The van der Waals surface area contributed by atoms with E-state index >= 15 is 0 Å². The molecule has 5 rings (SSSR count). The Morgan fingerprint density at radius 3 is 2.85 bits per heavy atom. The lowest BCUT2D eigenvalue weighted by atomic mass is 10.1. The zero-order chi connectivity index (χ0) is 23.9. The van der Waals surface area contributed by atoms with E-state index in [2.05, 4.69) is 32.7 Å². The van der Waals surface area contributed by atoms with E-state index in [1.807, 2.05) is 10.8 Å². The summed E-state index contributed by atoms with van der Waals surface area (Å²) < 4.78 is 27.2. The molecular weight excluding hydrogens is 441 g/mol. The highest BCUT2D eigenvalue weighted by Crippen LogP contribution is 2.47. The average Bonchev–Trinajstić information content (AvgIpc) is 3.22. The first-order valence-corrected chi connectivity index (χ1v) is 10.8. The SMILES string of the molecule is COCCn1cc(-c2ccc(NC(=O)Nc3cc(C4(C)CC4)no3)c(F)c2)c2c(N)ncnc21. The number of nitrogen functional groups attached to an aromatic ring is 1.